The molecule has 26 heavy (non-hydrogen) atoms. The average Bonchev–Trinajstić information content (AvgIpc) is 3.05. The van der Waals surface area contributed by atoms with E-state index in [2.05, 4.69) is 11.4 Å². The van der Waals surface area contributed by atoms with Crippen LogP contribution in [0, 0.1) is 0 Å². The van der Waals surface area contributed by atoms with Crippen LogP contribution in [0.25, 0.3) is 11.0 Å². The minimum atomic E-state index is -0.385. The number of aryl methyl sites for hydroxylation is 2. The Morgan fingerprint density at radius 2 is 1.92 bits per heavy atom. The molecular formula is C21H19NO4. The molecule has 0 bridgehead atoms. The van der Waals surface area contributed by atoms with Crippen molar-refractivity contribution in [2.75, 3.05) is 5.32 Å². The van der Waals surface area contributed by atoms with E-state index in [0.717, 1.165) is 30.2 Å². The van der Waals surface area contributed by atoms with E-state index >= 15 is 0 Å². The maximum absolute atomic E-state index is 11.9. The Morgan fingerprint density at radius 1 is 1.15 bits per heavy atom. The van der Waals surface area contributed by atoms with Crippen LogP contribution in [-0.4, -0.2) is 5.91 Å². The van der Waals surface area contributed by atoms with Crippen LogP contribution in [0.1, 0.15) is 30.0 Å². The predicted octanol–water partition coefficient (Wildman–Crippen LogP) is 3.82. The highest BCUT2D eigenvalue weighted by atomic mass is 16.5. The molecule has 5 heteroatoms. The molecule has 1 aromatic heterocycles. The van der Waals surface area contributed by atoms with Crippen molar-refractivity contribution in [1.29, 1.82) is 0 Å². The summed E-state index contributed by atoms with van der Waals surface area (Å²) in [4.78, 5) is 23.3. The van der Waals surface area contributed by atoms with Gasteiger partial charge < -0.3 is 14.5 Å². The number of hydrogen-bond acceptors (Lipinski definition) is 4. The second kappa shape index (κ2) is 6.67. The number of fused-ring (bicyclic) bond motifs is 2. The molecule has 0 saturated carbocycles. The van der Waals surface area contributed by atoms with Gasteiger partial charge in [0.15, 0.2) is 0 Å². The molecule has 0 spiro atoms. The van der Waals surface area contributed by atoms with Gasteiger partial charge in [-0.3, -0.25) is 4.79 Å². The van der Waals surface area contributed by atoms with Crippen LogP contribution in [0.4, 0.5) is 5.69 Å². The van der Waals surface area contributed by atoms with E-state index in [1.54, 1.807) is 12.1 Å². The van der Waals surface area contributed by atoms with E-state index in [1.165, 1.54) is 24.1 Å². The van der Waals surface area contributed by atoms with Gasteiger partial charge >= 0.3 is 5.63 Å². The Morgan fingerprint density at radius 3 is 2.73 bits per heavy atom. The van der Waals surface area contributed by atoms with E-state index in [-0.39, 0.29) is 18.1 Å². The van der Waals surface area contributed by atoms with Crippen molar-refractivity contribution in [3.05, 3.63) is 69.6 Å². The molecule has 1 N–H and O–H groups in total. The lowest BCUT2D eigenvalue weighted by Gasteiger charge is -2.13. The molecule has 3 aromatic rings. The number of amides is 1. The molecule has 2 aromatic carbocycles. The van der Waals surface area contributed by atoms with Gasteiger partial charge in [0.1, 0.15) is 17.9 Å². The molecule has 1 aliphatic carbocycles. The molecule has 5 nitrogen and oxygen atoms in total. The van der Waals surface area contributed by atoms with E-state index < -0.39 is 0 Å². The second-order valence-corrected chi connectivity index (χ2v) is 6.53. The average molecular weight is 349 g/mol. The normalized spacial score (nSPS) is 12.8. The van der Waals surface area contributed by atoms with Crippen molar-refractivity contribution >= 4 is 22.6 Å². The monoisotopic (exact) mass is 349 g/mol. The number of hydrogen-bond donors (Lipinski definition) is 1. The summed E-state index contributed by atoms with van der Waals surface area (Å²) in [5.41, 5.74) is 4.17. The first-order valence-corrected chi connectivity index (χ1v) is 8.68. The molecular weight excluding hydrogens is 330 g/mol. The molecule has 0 aliphatic heterocycles. The Balaban J connectivity index is 1.68. The number of anilines is 1. The first kappa shape index (κ1) is 16.4. The molecule has 0 unspecified atom stereocenters. The highest BCUT2D eigenvalue weighted by Crippen LogP contribution is 2.30. The summed E-state index contributed by atoms with van der Waals surface area (Å²) in [6.45, 7) is 1.67. The lowest BCUT2D eigenvalue weighted by molar-refractivity contribution is -0.114. The Kier molecular flexibility index (Phi) is 4.21. The molecule has 0 atom stereocenters. The summed E-state index contributed by atoms with van der Waals surface area (Å²) >= 11 is 0. The topological polar surface area (TPSA) is 68.5 Å². The summed E-state index contributed by atoms with van der Waals surface area (Å²) < 4.78 is 11.3. The number of benzene rings is 2. The third-order valence-corrected chi connectivity index (χ3v) is 4.62. The van der Waals surface area contributed by atoms with Crippen molar-refractivity contribution in [3.8, 4) is 5.75 Å². The Labute approximate surface area is 150 Å². The van der Waals surface area contributed by atoms with Gasteiger partial charge in [-0.1, -0.05) is 12.1 Å². The van der Waals surface area contributed by atoms with Crippen molar-refractivity contribution in [2.24, 2.45) is 0 Å². The molecule has 0 saturated heterocycles. The van der Waals surface area contributed by atoms with E-state index in [0.29, 0.717) is 17.0 Å². The minimum Gasteiger partial charge on any atom is -0.487 e. The third-order valence-electron chi connectivity index (χ3n) is 4.62. The van der Waals surface area contributed by atoms with Crippen molar-refractivity contribution in [2.45, 2.75) is 32.8 Å². The minimum absolute atomic E-state index is 0.164. The number of carbonyl (C=O) groups is 1. The third kappa shape index (κ3) is 3.20. The van der Waals surface area contributed by atoms with Gasteiger partial charge in [-0.05, 0) is 54.7 Å². The zero-order chi connectivity index (χ0) is 18.1. The molecule has 1 amide bonds. The SMILES string of the molecule is CC(=O)Nc1ccccc1OCc1cc(=O)oc2cc3c(cc12)CCC3. The van der Waals surface area contributed by atoms with Crippen LogP contribution < -0.4 is 15.7 Å². The van der Waals surface area contributed by atoms with Gasteiger partial charge in [0, 0.05) is 23.9 Å². The first-order chi connectivity index (χ1) is 12.6. The van der Waals surface area contributed by atoms with E-state index in [1.807, 2.05) is 18.2 Å². The first-order valence-electron chi connectivity index (χ1n) is 8.68. The van der Waals surface area contributed by atoms with E-state index in [4.69, 9.17) is 9.15 Å². The van der Waals surface area contributed by atoms with E-state index in [9.17, 15) is 9.59 Å². The van der Waals surface area contributed by atoms with Gasteiger partial charge in [-0.25, -0.2) is 4.79 Å². The smallest absolute Gasteiger partial charge is 0.336 e. The van der Waals surface area contributed by atoms with Crippen LogP contribution >= 0.6 is 0 Å². The standard InChI is InChI=1S/C21H19NO4/c1-13(23)22-18-7-2-3-8-19(18)25-12-16-11-21(24)26-20-10-15-6-4-5-14(15)9-17(16)20/h2-3,7-11H,4-6,12H2,1H3,(H,22,23). The van der Waals surface area contributed by atoms with Crippen LogP contribution in [0.15, 0.2) is 51.7 Å². The van der Waals surface area contributed by atoms with Crippen molar-refractivity contribution < 1.29 is 13.9 Å². The number of nitrogens with one attached hydrogen (secondary N) is 1. The largest absolute Gasteiger partial charge is 0.487 e. The Bertz CT molecular complexity index is 1050. The van der Waals surface area contributed by atoms with Crippen LogP contribution in [0.5, 0.6) is 5.75 Å². The molecule has 4 rings (SSSR count). The maximum Gasteiger partial charge on any atom is 0.336 e. The lowest BCUT2D eigenvalue weighted by atomic mass is 10.0. The summed E-state index contributed by atoms with van der Waals surface area (Å²) in [6.07, 6.45) is 3.21. The molecule has 0 fully saturated rings. The second-order valence-electron chi connectivity index (χ2n) is 6.53. The summed E-state index contributed by atoms with van der Waals surface area (Å²) in [7, 11) is 0. The predicted molar refractivity (Wildman–Crippen MR) is 99.6 cm³/mol. The summed E-state index contributed by atoms with van der Waals surface area (Å²) in [5.74, 6) is 0.396. The van der Waals surface area contributed by atoms with Gasteiger partial charge in [-0.2, -0.15) is 0 Å². The number of ether oxygens (including phenoxy) is 1. The zero-order valence-corrected chi connectivity index (χ0v) is 14.5. The fourth-order valence-corrected chi connectivity index (χ4v) is 3.46. The fourth-order valence-electron chi connectivity index (χ4n) is 3.46. The van der Waals surface area contributed by atoms with Crippen LogP contribution in [0.2, 0.25) is 0 Å². The molecule has 0 radical (unpaired) electrons. The highest BCUT2D eigenvalue weighted by molar-refractivity contribution is 5.90. The Hall–Kier alpha value is -3.08. The fraction of sp³-hybridized carbons (Fsp3) is 0.238. The maximum atomic E-state index is 11.9. The highest BCUT2D eigenvalue weighted by Gasteiger charge is 2.15. The quantitative estimate of drug-likeness (QED) is 0.727. The molecule has 1 aliphatic rings. The van der Waals surface area contributed by atoms with Gasteiger partial charge in [-0.15, -0.1) is 0 Å². The van der Waals surface area contributed by atoms with Crippen LogP contribution in [-0.2, 0) is 24.2 Å². The number of rotatable bonds is 4. The van der Waals surface area contributed by atoms with Crippen LogP contribution in [0.3, 0.4) is 0 Å². The van der Waals surface area contributed by atoms with Crippen molar-refractivity contribution in [3.63, 3.8) is 0 Å². The molecule has 132 valence electrons. The summed E-state index contributed by atoms with van der Waals surface area (Å²) in [6, 6.07) is 12.8. The van der Waals surface area contributed by atoms with Crippen molar-refractivity contribution in [1.82, 2.24) is 0 Å². The van der Waals surface area contributed by atoms with Gasteiger partial charge in [0.05, 0.1) is 5.69 Å². The number of para-hydroxylation sites is 2. The zero-order valence-electron chi connectivity index (χ0n) is 14.5. The summed E-state index contributed by atoms with van der Waals surface area (Å²) in [5, 5.41) is 3.65. The van der Waals surface area contributed by atoms with Gasteiger partial charge in [0.2, 0.25) is 5.91 Å². The lowest BCUT2D eigenvalue weighted by Crippen LogP contribution is -2.09. The number of carbonyl (C=O) groups excluding carboxylic acids is 1. The van der Waals surface area contributed by atoms with Gasteiger partial charge in [0.25, 0.3) is 0 Å². The molecule has 1 heterocycles.